The van der Waals surface area contributed by atoms with E-state index in [4.69, 9.17) is 0 Å². The third-order valence-corrected chi connectivity index (χ3v) is 5.71. The summed E-state index contributed by atoms with van der Waals surface area (Å²) in [6, 6.07) is 15.8. The van der Waals surface area contributed by atoms with Crippen LogP contribution in [0.3, 0.4) is 0 Å². The Labute approximate surface area is 145 Å². The molecule has 1 aliphatic heterocycles. The van der Waals surface area contributed by atoms with E-state index in [1.54, 1.807) is 23.5 Å². The Balaban J connectivity index is 1.81. The molecule has 0 amide bonds. The van der Waals surface area contributed by atoms with Gasteiger partial charge in [0.2, 0.25) is 0 Å². The normalized spacial score (nSPS) is 17.7. The van der Waals surface area contributed by atoms with E-state index >= 15 is 0 Å². The highest BCUT2D eigenvalue weighted by Gasteiger charge is 2.25. The van der Waals surface area contributed by atoms with E-state index in [-0.39, 0.29) is 11.9 Å². The van der Waals surface area contributed by atoms with E-state index < -0.39 is 0 Å². The van der Waals surface area contributed by atoms with Crippen molar-refractivity contribution in [2.75, 3.05) is 26.2 Å². The summed E-state index contributed by atoms with van der Waals surface area (Å²) < 4.78 is 14.7. The Bertz CT molecular complexity index is 804. The summed E-state index contributed by atoms with van der Waals surface area (Å²) in [5.74, 6) is -0.176. The van der Waals surface area contributed by atoms with Crippen molar-refractivity contribution in [2.24, 2.45) is 0 Å². The van der Waals surface area contributed by atoms with Crippen molar-refractivity contribution in [3.05, 3.63) is 70.9 Å². The van der Waals surface area contributed by atoms with E-state index in [0.717, 1.165) is 32.6 Å². The SMILES string of the molecule is Fc1ccc(C(c2csc3ccccc23)N2CCCNCC2)cc1. The first kappa shape index (κ1) is 15.8. The maximum Gasteiger partial charge on any atom is 0.123 e. The van der Waals surface area contributed by atoms with Crippen LogP contribution in [0, 0.1) is 5.82 Å². The first-order valence-electron chi connectivity index (χ1n) is 8.49. The standard InChI is InChI=1S/C20H21FN2S/c21-16-8-6-15(7-9-16)20(23-12-3-10-22-11-13-23)18-14-24-19-5-2-1-4-17(18)19/h1-2,4-9,14,20,22H,3,10-13H2. The first-order chi connectivity index (χ1) is 11.8. The van der Waals surface area contributed by atoms with E-state index in [9.17, 15) is 4.39 Å². The minimum atomic E-state index is -0.176. The average molecular weight is 340 g/mol. The van der Waals surface area contributed by atoms with Gasteiger partial charge in [-0.25, -0.2) is 4.39 Å². The Morgan fingerprint density at radius 3 is 2.71 bits per heavy atom. The molecule has 24 heavy (non-hydrogen) atoms. The highest BCUT2D eigenvalue weighted by molar-refractivity contribution is 7.17. The Kier molecular flexibility index (Phi) is 4.60. The molecule has 1 aliphatic rings. The topological polar surface area (TPSA) is 15.3 Å². The van der Waals surface area contributed by atoms with Gasteiger partial charge in [-0.3, -0.25) is 4.90 Å². The van der Waals surface area contributed by atoms with Gasteiger partial charge in [0, 0.05) is 24.3 Å². The van der Waals surface area contributed by atoms with Crippen molar-refractivity contribution < 1.29 is 4.39 Å². The van der Waals surface area contributed by atoms with Crippen molar-refractivity contribution in [2.45, 2.75) is 12.5 Å². The van der Waals surface area contributed by atoms with Crippen molar-refractivity contribution in [1.82, 2.24) is 10.2 Å². The van der Waals surface area contributed by atoms with Crippen LogP contribution >= 0.6 is 11.3 Å². The monoisotopic (exact) mass is 340 g/mol. The van der Waals surface area contributed by atoms with Crippen LogP contribution in [0.1, 0.15) is 23.6 Å². The van der Waals surface area contributed by atoms with Gasteiger partial charge in [0.25, 0.3) is 0 Å². The second-order valence-electron chi connectivity index (χ2n) is 6.28. The molecule has 2 aromatic carbocycles. The maximum atomic E-state index is 13.4. The number of nitrogens with one attached hydrogen (secondary N) is 1. The van der Waals surface area contributed by atoms with Gasteiger partial charge in [0.1, 0.15) is 5.82 Å². The van der Waals surface area contributed by atoms with Crippen molar-refractivity contribution in [1.29, 1.82) is 0 Å². The van der Waals surface area contributed by atoms with Crippen LogP contribution in [0.4, 0.5) is 4.39 Å². The highest BCUT2D eigenvalue weighted by atomic mass is 32.1. The van der Waals surface area contributed by atoms with Gasteiger partial charge >= 0.3 is 0 Å². The minimum Gasteiger partial charge on any atom is -0.315 e. The third-order valence-electron chi connectivity index (χ3n) is 4.73. The molecule has 0 bridgehead atoms. The lowest BCUT2D eigenvalue weighted by atomic mass is 9.96. The fourth-order valence-corrected chi connectivity index (χ4v) is 4.55. The minimum absolute atomic E-state index is 0.176. The third kappa shape index (κ3) is 3.09. The summed E-state index contributed by atoms with van der Waals surface area (Å²) in [4.78, 5) is 2.53. The number of nitrogens with zero attached hydrogens (tertiary/aromatic N) is 1. The van der Waals surface area contributed by atoms with Crippen LogP contribution < -0.4 is 5.32 Å². The number of rotatable bonds is 3. The fourth-order valence-electron chi connectivity index (χ4n) is 3.57. The lowest BCUT2D eigenvalue weighted by Crippen LogP contribution is -2.32. The van der Waals surface area contributed by atoms with Crippen molar-refractivity contribution in [3.8, 4) is 0 Å². The highest BCUT2D eigenvalue weighted by Crippen LogP contribution is 2.37. The molecule has 0 saturated carbocycles. The van der Waals surface area contributed by atoms with Gasteiger partial charge in [-0.05, 0) is 53.1 Å². The molecule has 0 radical (unpaired) electrons. The number of halogens is 1. The molecule has 1 fully saturated rings. The van der Waals surface area contributed by atoms with Crippen molar-refractivity contribution in [3.63, 3.8) is 0 Å². The molecule has 4 heteroatoms. The predicted molar refractivity (Wildman–Crippen MR) is 99.1 cm³/mol. The molecule has 1 unspecified atom stereocenters. The zero-order chi connectivity index (χ0) is 16.4. The smallest absolute Gasteiger partial charge is 0.123 e. The molecule has 0 spiro atoms. The van der Waals surface area contributed by atoms with Gasteiger partial charge in [-0.2, -0.15) is 0 Å². The molecule has 3 aromatic rings. The number of fused-ring (bicyclic) bond motifs is 1. The van der Waals surface area contributed by atoms with Crippen LogP contribution in [0.15, 0.2) is 53.9 Å². The summed E-state index contributed by atoms with van der Waals surface area (Å²) in [5.41, 5.74) is 2.51. The summed E-state index contributed by atoms with van der Waals surface area (Å²) in [6.45, 7) is 4.13. The van der Waals surface area contributed by atoms with Crippen molar-refractivity contribution >= 4 is 21.4 Å². The van der Waals surface area contributed by atoms with E-state index in [1.807, 2.05) is 12.1 Å². The van der Waals surface area contributed by atoms with E-state index in [0.29, 0.717) is 0 Å². The molecule has 1 N–H and O–H groups in total. The molecule has 1 aromatic heterocycles. The molecule has 2 nitrogen and oxygen atoms in total. The Morgan fingerprint density at radius 2 is 1.83 bits per heavy atom. The maximum absolute atomic E-state index is 13.4. The van der Waals surface area contributed by atoms with Gasteiger partial charge in [0.05, 0.1) is 6.04 Å². The fraction of sp³-hybridized carbons (Fsp3) is 0.300. The number of benzene rings is 2. The second kappa shape index (κ2) is 7.01. The van der Waals surface area contributed by atoms with Gasteiger partial charge in [0.15, 0.2) is 0 Å². The summed E-state index contributed by atoms with van der Waals surface area (Å²) in [7, 11) is 0. The van der Waals surface area contributed by atoms with Crippen LogP contribution in [-0.4, -0.2) is 31.1 Å². The van der Waals surface area contributed by atoms with Crippen LogP contribution in [0.2, 0.25) is 0 Å². The summed E-state index contributed by atoms with van der Waals surface area (Å²) in [6.07, 6.45) is 1.14. The van der Waals surface area contributed by atoms with Gasteiger partial charge in [-0.15, -0.1) is 11.3 Å². The van der Waals surface area contributed by atoms with E-state index in [2.05, 4.69) is 39.9 Å². The molecule has 124 valence electrons. The predicted octanol–water partition coefficient (Wildman–Crippen LogP) is 4.43. The first-order valence-corrected chi connectivity index (χ1v) is 9.37. The summed E-state index contributed by atoms with van der Waals surface area (Å²) in [5, 5.41) is 7.06. The number of hydrogen-bond acceptors (Lipinski definition) is 3. The molecule has 1 saturated heterocycles. The van der Waals surface area contributed by atoms with Crippen LogP contribution in [-0.2, 0) is 0 Å². The Morgan fingerprint density at radius 1 is 1.00 bits per heavy atom. The Hall–Kier alpha value is -1.75. The average Bonchev–Trinajstić information content (AvgIpc) is 2.84. The van der Waals surface area contributed by atoms with Crippen LogP contribution in [0.5, 0.6) is 0 Å². The molecular formula is C20H21FN2S. The quantitative estimate of drug-likeness (QED) is 0.759. The van der Waals surface area contributed by atoms with Gasteiger partial charge < -0.3 is 5.32 Å². The number of hydrogen-bond donors (Lipinski definition) is 1. The van der Waals surface area contributed by atoms with Gasteiger partial charge in [-0.1, -0.05) is 30.3 Å². The summed E-state index contributed by atoms with van der Waals surface area (Å²) >= 11 is 1.79. The molecule has 2 heterocycles. The lowest BCUT2D eigenvalue weighted by molar-refractivity contribution is 0.242. The molecule has 4 rings (SSSR count). The molecule has 0 aliphatic carbocycles. The molecular weight excluding hydrogens is 319 g/mol. The van der Waals surface area contributed by atoms with E-state index in [1.165, 1.54) is 21.2 Å². The zero-order valence-electron chi connectivity index (χ0n) is 13.5. The zero-order valence-corrected chi connectivity index (χ0v) is 14.4. The molecule has 1 atom stereocenters. The second-order valence-corrected chi connectivity index (χ2v) is 7.19. The number of thiophene rings is 1. The van der Waals surface area contributed by atoms with Crippen LogP contribution in [0.25, 0.3) is 10.1 Å². The largest absolute Gasteiger partial charge is 0.315 e. The lowest BCUT2D eigenvalue weighted by Gasteiger charge is -2.31.